The largest absolute Gasteiger partial charge is 0.508 e. The Hall–Kier alpha value is -1.90. The molecule has 0 bridgehead atoms. The first-order valence-electron chi connectivity index (χ1n) is 5.28. The highest BCUT2D eigenvalue weighted by atomic mass is 19.1. The van der Waals surface area contributed by atoms with Gasteiger partial charge in [0.25, 0.3) is 0 Å². The minimum Gasteiger partial charge on any atom is -0.508 e. The third kappa shape index (κ3) is 3.28. The van der Waals surface area contributed by atoms with E-state index in [1.165, 1.54) is 0 Å². The average molecular weight is 233 g/mol. The van der Waals surface area contributed by atoms with Crippen molar-refractivity contribution in [3.8, 4) is 5.75 Å². The molecule has 0 unspecified atom stereocenters. The van der Waals surface area contributed by atoms with E-state index in [-0.39, 0.29) is 5.75 Å². The minimum atomic E-state index is -0.475. The van der Waals surface area contributed by atoms with Gasteiger partial charge in [-0.25, -0.2) is 4.39 Å². The lowest BCUT2D eigenvalue weighted by atomic mass is 10.0. The van der Waals surface area contributed by atoms with Gasteiger partial charge < -0.3 is 5.11 Å². The number of benzene rings is 1. The Balaban J connectivity index is 3.17. The molecule has 1 aromatic carbocycles. The maximum atomic E-state index is 12.8. The number of hydrogen-bond acceptors (Lipinski definition) is 2. The summed E-state index contributed by atoms with van der Waals surface area (Å²) in [5.41, 5.74) is 3.27. The van der Waals surface area contributed by atoms with Gasteiger partial charge in [0.1, 0.15) is 11.6 Å². The van der Waals surface area contributed by atoms with Crippen LogP contribution in [0.25, 0.3) is 0 Å². The van der Waals surface area contributed by atoms with Crippen molar-refractivity contribution in [2.45, 2.75) is 20.8 Å². The number of halogens is 1. The summed E-state index contributed by atoms with van der Waals surface area (Å²) in [6.07, 6.45) is 2.23. The van der Waals surface area contributed by atoms with E-state index in [4.69, 9.17) is 0 Å². The highest BCUT2D eigenvalue weighted by Gasteiger charge is 2.05. The number of phenols is 1. The maximum absolute atomic E-state index is 12.8. The molecule has 3 heteroatoms. The molecule has 1 rings (SSSR count). The maximum Gasteiger partial charge on any atom is 0.140 e. The van der Waals surface area contributed by atoms with Gasteiger partial charge in [0.2, 0.25) is 0 Å². The van der Waals surface area contributed by atoms with Crippen molar-refractivity contribution >= 4 is 5.71 Å². The molecule has 0 fully saturated rings. The molecule has 0 radical (unpaired) electrons. The highest BCUT2D eigenvalue weighted by molar-refractivity contribution is 6.00. The molecule has 2 nitrogen and oxygen atoms in total. The van der Waals surface area contributed by atoms with Gasteiger partial charge in [0.15, 0.2) is 0 Å². The Morgan fingerprint density at radius 3 is 2.59 bits per heavy atom. The van der Waals surface area contributed by atoms with Crippen molar-refractivity contribution in [1.29, 1.82) is 0 Å². The summed E-state index contributed by atoms with van der Waals surface area (Å²) in [4.78, 5) is 4.02. The molecule has 0 atom stereocenters. The number of aromatic hydroxyl groups is 1. The van der Waals surface area contributed by atoms with Gasteiger partial charge in [-0.05, 0) is 55.7 Å². The summed E-state index contributed by atoms with van der Waals surface area (Å²) in [6.45, 7) is 8.79. The molecule has 0 aromatic heterocycles. The second-order valence-corrected chi connectivity index (χ2v) is 3.89. The minimum absolute atomic E-state index is 0.256. The number of allylic oxidation sites excluding steroid dienone is 2. The second-order valence-electron chi connectivity index (χ2n) is 3.89. The Morgan fingerprint density at radius 1 is 1.35 bits per heavy atom. The fraction of sp³-hybridized carbons (Fsp3) is 0.214. The fourth-order valence-corrected chi connectivity index (χ4v) is 1.47. The summed E-state index contributed by atoms with van der Waals surface area (Å²) in [5, 5.41) is 9.54. The molecular weight excluding hydrogens is 217 g/mol. The lowest BCUT2D eigenvalue weighted by Gasteiger charge is -2.08. The van der Waals surface area contributed by atoms with Gasteiger partial charge in [-0.2, -0.15) is 0 Å². The normalized spacial score (nSPS) is 12.7. The molecule has 17 heavy (non-hydrogen) atoms. The van der Waals surface area contributed by atoms with Gasteiger partial charge >= 0.3 is 0 Å². The van der Waals surface area contributed by atoms with Crippen molar-refractivity contribution in [1.82, 2.24) is 0 Å². The predicted molar refractivity (Wildman–Crippen MR) is 69.2 cm³/mol. The molecule has 90 valence electrons. The van der Waals surface area contributed by atoms with Crippen LogP contribution in [0.3, 0.4) is 0 Å². The summed E-state index contributed by atoms with van der Waals surface area (Å²) in [6, 6.07) is 3.51. The number of nitrogens with zero attached hydrogens (tertiary/aromatic N) is 1. The molecule has 0 heterocycles. The summed E-state index contributed by atoms with van der Waals surface area (Å²) in [7, 11) is 0. The molecule has 1 aromatic rings. The van der Waals surface area contributed by atoms with Crippen LogP contribution in [-0.2, 0) is 0 Å². The van der Waals surface area contributed by atoms with Crippen molar-refractivity contribution in [3.05, 3.63) is 53.5 Å². The molecule has 0 saturated heterocycles. The smallest absolute Gasteiger partial charge is 0.140 e. The molecule has 0 amide bonds. The Morgan fingerprint density at radius 2 is 2.00 bits per heavy atom. The van der Waals surface area contributed by atoms with E-state index < -0.39 is 5.83 Å². The Bertz CT molecular complexity index is 501. The van der Waals surface area contributed by atoms with Gasteiger partial charge in [-0.1, -0.05) is 6.58 Å². The number of aliphatic imine (C=N–C) groups is 1. The second kappa shape index (κ2) is 5.43. The first-order valence-corrected chi connectivity index (χ1v) is 5.28. The Kier molecular flexibility index (Phi) is 4.21. The third-order valence-corrected chi connectivity index (χ3v) is 2.51. The predicted octanol–water partition coefficient (Wildman–Crippen LogP) is 3.81. The molecule has 1 N–H and O–H groups in total. The standard InChI is InChI=1S/C14H16FNO/c1-5-12(15)8-16-11(4)13-6-10(3)14(17)7-9(13)2/h5-8,17H,1H2,2-4H3/b12-8+,16-11+. The van der Waals surface area contributed by atoms with Crippen molar-refractivity contribution < 1.29 is 9.50 Å². The van der Waals surface area contributed by atoms with Crippen LogP contribution in [0.15, 0.2) is 41.8 Å². The molecule has 0 spiro atoms. The number of rotatable bonds is 3. The van der Waals surface area contributed by atoms with E-state index in [9.17, 15) is 9.50 Å². The van der Waals surface area contributed by atoms with E-state index >= 15 is 0 Å². The highest BCUT2D eigenvalue weighted by Crippen LogP contribution is 2.21. The van der Waals surface area contributed by atoms with Crippen LogP contribution in [-0.4, -0.2) is 10.8 Å². The summed E-state index contributed by atoms with van der Waals surface area (Å²) in [5.74, 6) is -0.218. The number of phenolic OH excluding ortho intramolecular Hbond substituents is 1. The van der Waals surface area contributed by atoms with Crippen LogP contribution in [0, 0.1) is 13.8 Å². The Labute approximate surface area is 101 Å². The van der Waals surface area contributed by atoms with Crippen LogP contribution in [0.1, 0.15) is 23.6 Å². The summed E-state index contributed by atoms with van der Waals surface area (Å²) < 4.78 is 12.8. The van der Waals surface area contributed by atoms with Crippen LogP contribution >= 0.6 is 0 Å². The SMILES string of the molecule is C=C/C(F)=C\N=C(/C)c1cc(C)c(O)cc1C. The van der Waals surface area contributed by atoms with Crippen LogP contribution < -0.4 is 0 Å². The molecule has 0 aliphatic rings. The van der Waals surface area contributed by atoms with Gasteiger partial charge in [-0.15, -0.1) is 0 Å². The van der Waals surface area contributed by atoms with Gasteiger partial charge in [0, 0.05) is 5.71 Å². The molecule has 0 aliphatic heterocycles. The van der Waals surface area contributed by atoms with Crippen molar-refractivity contribution in [2.24, 2.45) is 4.99 Å². The number of hydrogen-bond donors (Lipinski definition) is 1. The van der Waals surface area contributed by atoms with Crippen LogP contribution in [0.4, 0.5) is 4.39 Å². The van der Waals surface area contributed by atoms with E-state index in [0.717, 1.165) is 29.0 Å². The van der Waals surface area contributed by atoms with E-state index in [0.29, 0.717) is 5.71 Å². The van der Waals surface area contributed by atoms with Crippen molar-refractivity contribution in [3.63, 3.8) is 0 Å². The monoisotopic (exact) mass is 233 g/mol. The van der Waals surface area contributed by atoms with Crippen molar-refractivity contribution in [2.75, 3.05) is 0 Å². The van der Waals surface area contributed by atoms with E-state index in [2.05, 4.69) is 11.6 Å². The topological polar surface area (TPSA) is 32.6 Å². The molecule has 0 aliphatic carbocycles. The molecule has 0 saturated carbocycles. The average Bonchev–Trinajstić information content (AvgIpc) is 2.30. The first kappa shape index (κ1) is 13.2. The van der Waals surface area contributed by atoms with Gasteiger partial charge in [0.05, 0.1) is 6.20 Å². The zero-order valence-electron chi connectivity index (χ0n) is 10.3. The van der Waals surface area contributed by atoms with Crippen LogP contribution in [0.5, 0.6) is 5.75 Å². The molecular formula is C14H16FNO. The van der Waals surface area contributed by atoms with Gasteiger partial charge in [-0.3, -0.25) is 4.99 Å². The lowest BCUT2D eigenvalue weighted by molar-refractivity contribution is 0.470. The first-order chi connectivity index (χ1) is 7.95. The third-order valence-electron chi connectivity index (χ3n) is 2.51. The summed E-state index contributed by atoms with van der Waals surface area (Å²) >= 11 is 0. The van der Waals surface area contributed by atoms with Crippen LogP contribution in [0.2, 0.25) is 0 Å². The van der Waals surface area contributed by atoms with E-state index in [1.807, 2.05) is 19.9 Å². The quantitative estimate of drug-likeness (QED) is 0.624. The zero-order valence-corrected chi connectivity index (χ0v) is 10.3. The zero-order chi connectivity index (χ0) is 13.0. The lowest BCUT2D eigenvalue weighted by Crippen LogP contribution is -1.98. The fourth-order valence-electron chi connectivity index (χ4n) is 1.47. The van der Waals surface area contributed by atoms with E-state index in [1.54, 1.807) is 13.0 Å². The number of aryl methyl sites for hydroxylation is 2.